The maximum atomic E-state index is 10.7. The number of hydrogen-bond donors (Lipinski definition) is 1. The number of carbonyl (C=O) groups is 1. The van der Waals surface area contributed by atoms with Gasteiger partial charge in [-0.15, -0.1) is 5.10 Å². The molecule has 2 rings (SSSR count). The molecule has 0 amide bonds. The highest BCUT2D eigenvalue weighted by Gasteiger charge is 2.16. The molecular weight excluding hydrogens is 246 g/mol. The van der Waals surface area contributed by atoms with Crippen molar-refractivity contribution in [3.05, 3.63) is 29.0 Å². The van der Waals surface area contributed by atoms with Crippen LogP contribution in [-0.2, 0) is 11.8 Å². The number of aryl methyl sites for hydroxylation is 4. The fourth-order valence-corrected chi connectivity index (χ4v) is 1.98. The van der Waals surface area contributed by atoms with E-state index in [4.69, 9.17) is 5.11 Å². The molecule has 7 nitrogen and oxygen atoms in total. The zero-order valence-electron chi connectivity index (χ0n) is 11.2. The fourth-order valence-electron chi connectivity index (χ4n) is 1.98. The van der Waals surface area contributed by atoms with Gasteiger partial charge >= 0.3 is 5.97 Å². The van der Waals surface area contributed by atoms with Gasteiger partial charge in [0.1, 0.15) is 11.6 Å². The number of hydrogen-bond acceptors (Lipinski definition) is 4. The summed E-state index contributed by atoms with van der Waals surface area (Å²) in [6.45, 7) is 5.47. The minimum Gasteiger partial charge on any atom is -0.478 e. The molecule has 2 heterocycles. The van der Waals surface area contributed by atoms with Crippen LogP contribution in [0.4, 0.5) is 0 Å². The lowest BCUT2D eigenvalue weighted by atomic mass is 10.2. The van der Waals surface area contributed by atoms with Crippen LogP contribution in [0.1, 0.15) is 22.9 Å². The lowest BCUT2D eigenvalue weighted by Gasteiger charge is -2.04. The van der Waals surface area contributed by atoms with Crippen LogP contribution in [0.25, 0.3) is 11.9 Å². The van der Waals surface area contributed by atoms with Gasteiger partial charge in [-0.3, -0.25) is 4.68 Å². The summed E-state index contributed by atoms with van der Waals surface area (Å²) in [6, 6.07) is 0. The number of carboxylic acids is 1. The largest absolute Gasteiger partial charge is 0.478 e. The smallest absolute Gasteiger partial charge is 0.328 e. The van der Waals surface area contributed by atoms with Crippen molar-refractivity contribution in [1.82, 2.24) is 24.5 Å². The van der Waals surface area contributed by atoms with Crippen LogP contribution in [0.2, 0.25) is 0 Å². The maximum absolute atomic E-state index is 10.7. The first-order valence-electron chi connectivity index (χ1n) is 5.75. The van der Waals surface area contributed by atoms with Crippen LogP contribution >= 0.6 is 0 Å². The van der Waals surface area contributed by atoms with Crippen molar-refractivity contribution >= 4 is 12.0 Å². The second-order valence-corrected chi connectivity index (χ2v) is 4.24. The molecule has 0 unspecified atom stereocenters. The van der Waals surface area contributed by atoms with E-state index in [1.54, 1.807) is 23.3 Å². The highest BCUT2D eigenvalue weighted by atomic mass is 16.4. The topological polar surface area (TPSA) is 85.8 Å². The predicted molar refractivity (Wildman–Crippen MR) is 69.0 cm³/mol. The molecule has 0 radical (unpaired) electrons. The first-order chi connectivity index (χ1) is 8.90. The van der Waals surface area contributed by atoms with Gasteiger partial charge < -0.3 is 5.11 Å². The van der Waals surface area contributed by atoms with Gasteiger partial charge in [-0.1, -0.05) is 0 Å². The summed E-state index contributed by atoms with van der Waals surface area (Å²) < 4.78 is 3.33. The van der Waals surface area contributed by atoms with E-state index in [0.717, 1.165) is 23.2 Å². The molecule has 0 atom stereocenters. The Labute approximate surface area is 110 Å². The summed E-state index contributed by atoms with van der Waals surface area (Å²) >= 11 is 0. The van der Waals surface area contributed by atoms with Gasteiger partial charge in [-0.05, 0) is 26.8 Å². The van der Waals surface area contributed by atoms with Crippen molar-refractivity contribution in [2.45, 2.75) is 20.8 Å². The van der Waals surface area contributed by atoms with Crippen molar-refractivity contribution in [2.75, 3.05) is 0 Å². The summed E-state index contributed by atoms with van der Waals surface area (Å²) in [6.07, 6.45) is 2.61. The number of aliphatic carboxylic acids is 1. The van der Waals surface area contributed by atoms with Crippen LogP contribution in [0, 0.1) is 20.8 Å². The molecule has 0 spiro atoms. The number of rotatable bonds is 3. The molecular formula is C12H15N5O2. The standard InChI is InChI=1S/C12H15N5O2/c1-7-10(5-6-11(18)19)12(16(4)14-7)17-9(3)13-8(2)15-17/h5-6H,1-4H3,(H,18,19). The summed E-state index contributed by atoms with van der Waals surface area (Å²) in [5.41, 5.74) is 1.46. The van der Waals surface area contributed by atoms with Crippen molar-refractivity contribution in [3.63, 3.8) is 0 Å². The zero-order chi connectivity index (χ0) is 14.2. The Morgan fingerprint density at radius 3 is 2.47 bits per heavy atom. The first-order valence-corrected chi connectivity index (χ1v) is 5.75. The van der Waals surface area contributed by atoms with Crippen molar-refractivity contribution in [2.24, 2.45) is 7.05 Å². The molecule has 19 heavy (non-hydrogen) atoms. The third-order valence-corrected chi connectivity index (χ3v) is 2.71. The molecule has 0 aromatic carbocycles. The Morgan fingerprint density at radius 2 is 1.95 bits per heavy atom. The molecule has 0 fully saturated rings. The van der Waals surface area contributed by atoms with Crippen molar-refractivity contribution in [3.8, 4) is 5.82 Å². The Hall–Kier alpha value is -2.44. The molecule has 0 saturated carbocycles. The van der Waals surface area contributed by atoms with E-state index in [0.29, 0.717) is 11.6 Å². The molecule has 7 heteroatoms. The third kappa shape index (κ3) is 2.40. The van der Waals surface area contributed by atoms with Gasteiger partial charge in [0.25, 0.3) is 0 Å². The lowest BCUT2D eigenvalue weighted by Crippen LogP contribution is -2.07. The van der Waals surface area contributed by atoms with Gasteiger partial charge in [-0.2, -0.15) is 9.78 Å². The zero-order valence-corrected chi connectivity index (χ0v) is 11.2. The van der Waals surface area contributed by atoms with Crippen LogP contribution in [0.5, 0.6) is 0 Å². The molecule has 0 aliphatic heterocycles. The second kappa shape index (κ2) is 4.68. The Balaban J connectivity index is 2.63. The van der Waals surface area contributed by atoms with E-state index in [1.807, 2.05) is 13.8 Å². The number of nitrogens with zero attached hydrogens (tertiary/aromatic N) is 5. The van der Waals surface area contributed by atoms with Gasteiger partial charge in [0.15, 0.2) is 5.82 Å². The average molecular weight is 261 g/mol. The fraction of sp³-hybridized carbons (Fsp3) is 0.333. The highest BCUT2D eigenvalue weighted by molar-refractivity contribution is 5.86. The summed E-state index contributed by atoms with van der Waals surface area (Å²) in [7, 11) is 1.79. The normalized spacial score (nSPS) is 11.4. The Bertz CT molecular complexity index is 666. The molecule has 0 aliphatic carbocycles. The van der Waals surface area contributed by atoms with E-state index in [2.05, 4.69) is 15.2 Å². The van der Waals surface area contributed by atoms with Gasteiger partial charge in [-0.25, -0.2) is 9.78 Å². The third-order valence-electron chi connectivity index (χ3n) is 2.71. The van der Waals surface area contributed by atoms with Gasteiger partial charge in [0, 0.05) is 18.7 Å². The van der Waals surface area contributed by atoms with Crippen LogP contribution in [-0.4, -0.2) is 35.6 Å². The van der Waals surface area contributed by atoms with E-state index < -0.39 is 5.97 Å². The maximum Gasteiger partial charge on any atom is 0.328 e. The lowest BCUT2D eigenvalue weighted by molar-refractivity contribution is -0.131. The Kier molecular flexibility index (Phi) is 3.20. The first kappa shape index (κ1) is 13.0. The predicted octanol–water partition coefficient (Wildman–Crippen LogP) is 1.02. The highest BCUT2D eigenvalue weighted by Crippen LogP contribution is 2.20. The monoisotopic (exact) mass is 261 g/mol. The second-order valence-electron chi connectivity index (χ2n) is 4.24. The van der Waals surface area contributed by atoms with Gasteiger partial charge in [0.05, 0.1) is 5.69 Å². The van der Waals surface area contributed by atoms with E-state index in [1.165, 1.54) is 6.08 Å². The minimum atomic E-state index is -0.999. The van der Waals surface area contributed by atoms with E-state index >= 15 is 0 Å². The molecule has 1 N–H and O–H groups in total. The SMILES string of the molecule is Cc1nc(C)n(-c2c(C=CC(=O)O)c(C)nn2C)n1. The minimum absolute atomic E-state index is 0.657. The van der Waals surface area contributed by atoms with Crippen molar-refractivity contribution < 1.29 is 9.90 Å². The molecule has 100 valence electrons. The summed E-state index contributed by atoms with van der Waals surface area (Å²) in [4.78, 5) is 14.9. The number of aromatic nitrogens is 5. The summed E-state index contributed by atoms with van der Waals surface area (Å²) in [5.74, 6) is 1.09. The summed E-state index contributed by atoms with van der Waals surface area (Å²) in [5, 5.41) is 17.3. The molecule has 2 aromatic rings. The van der Waals surface area contributed by atoms with Crippen LogP contribution < -0.4 is 0 Å². The number of carboxylic acid groups (broad SMARTS) is 1. The van der Waals surface area contributed by atoms with Crippen LogP contribution in [0.3, 0.4) is 0 Å². The van der Waals surface area contributed by atoms with Crippen molar-refractivity contribution in [1.29, 1.82) is 0 Å². The molecule has 0 saturated heterocycles. The Morgan fingerprint density at radius 1 is 1.26 bits per heavy atom. The molecule has 0 aliphatic rings. The van der Waals surface area contributed by atoms with Gasteiger partial charge in [0.2, 0.25) is 0 Å². The quantitative estimate of drug-likeness (QED) is 0.834. The average Bonchev–Trinajstić information content (AvgIpc) is 2.75. The van der Waals surface area contributed by atoms with E-state index in [9.17, 15) is 4.79 Å². The molecule has 0 bridgehead atoms. The molecule has 2 aromatic heterocycles. The van der Waals surface area contributed by atoms with E-state index in [-0.39, 0.29) is 0 Å². The van der Waals surface area contributed by atoms with Crippen LogP contribution in [0.15, 0.2) is 6.08 Å².